The van der Waals surface area contributed by atoms with E-state index in [9.17, 15) is 4.79 Å². The Kier molecular flexibility index (Phi) is 3.68. The molecule has 3 fully saturated rings. The lowest BCUT2D eigenvalue weighted by molar-refractivity contribution is 0.0622. The number of hydrogen-bond donors (Lipinski definition) is 1. The van der Waals surface area contributed by atoms with Crippen molar-refractivity contribution in [1.29, 1.82) is 0 Å². The molecule has 2 aromatic rings. The molecule has 3 saturated heterocycles. The van der Waals surface area contributed by atoms with Gasteiger partial charge in [0.15, 0.2) is 0 Å². The second kappa shape index (κ2) is 5.82. The van der Waals surface area contributed by atoms with Crippen LogP contribution in [0, 0.1) is 5.92 Å². The molecule has 2 bridgehead atoms. The summed E-state index contributed by atoms with van der Waals surface area (Å²) in [5, 5.41) is 3.24. The highest BCUT2D eigenvalue weighted by atomic mass is 32.1. The standard InChI is InChI=1S/C17H19N3OS/c21-17(19-14-11-20-9-6-12(14)7-10-20)16-5-4-15(22-16)13-3-1-2-8-18-13/h1-5,8,12,14H,6-7,9-11H2,(H,19,21)/t14-/m1/s1. The molecule has 5 heterocycles. The van der Waals surface area contributed by atoms with Crippen LogP contribution in [0.15, 0.2) is 36.5 Å². The highest BCUT2D eigenvalue weighted by molar-refractivity contribution is 7.17. The van der Waals surface area contributed by atoms with Gasteiger partial charge >= 0.3 is 0 Å². The minimum atomic E-state index is 0.0610. The third kappa shape index (κ3) is 2.66. The van der Waals surface area contributed by atoms with E-state index in [1.807, 2.05) is 30.3 Å². The fourth-order valence-electron chi connectivity index (χ4n) is 3.47. The predicted molar refractivity (Wildman–Crippen MR) is 88.0 cm³/mol. The summed E-state index contributed by atoms with van der Waals surface area (Å²) < 4.78 is 0. The number of amides is 1. The van der Waals surface area contributed by atoms with Crippen molar-refractivity contribution in [3.8, 4) is 10.6 Å². The topological polar surface area (TPSA) is 45.2 Å². The Labute approximate surface area is 134 Å². The van der Waals surface area contributed by atoms with Crippen LogP contribution in [0.1, 0.15) is 22.5 Å². The molecule has 0 unspecified atom stereocenters. The van der Waals surface area contributed by atoms with E-state index in [4.69, 9.17) is 0 Å². The van der Waals surface area contributed by atoms with Crippen molar-refractivity contribution in [3.63, 3.8) is 0 Å². The molecule has 22 heavy (non-hydrogen) atoms. The molecule has 0 saturated carbocycles. The lowest BCUT2D eigenvalue weighted by Gasteiger charge is -2.44. The average Bonchev–Trinajstić information content (AvgIpc) is 3.07. The maximum atomic E-state index is 12.5. The molecule has 114 valence electrons. The van der Waals surface area contributed by atoms with Gasteiger partial charge in [0, 0.05) is 18.8 Å². The van der Waals surface area contributed by atoms with Crippen molar-refractivity contribution in [1.82, 2.24) is 15.2 Å². The van der Waals surface area contributed by atoms with Crippen LogP contribution in [0.5, 0.6) is 0 Å². The Morgan fingerprint density at radius 1 is 1.23 bits per heavy atom. The van der Waals surface area contributed by atoms with Crippen LogP contribution >= 0.6 is 11.3 Å². The number of hydrogen-bond acceptors (Lipinski definition) is 4. The lowest BCUT2D eigenvalue weighted by Crippen LogP contribution is -2.57. The fourth-order valence-corrected chi connectivity index (χ4v) is 4.36. The van der Waals surface area contributed by atoms with Crippen molar-refractivity contribution in [2.75, 3.05) is 19.6 Å². The first-order valence-electron chi connectivity index (χ1n) is 7.84. The number of rotatable bonds is 3. The van der Waals surface area contributed by atoms with E-state index in [-0.39, 0.29) is 5.91 Å². The number of thiophene rings is 1. The third-order valence-electron chi connectivity index (χ3n) is 4.72. The number of piperidine rings is 3. The van der Waals surface area contributed by atoms with Gasteiger partial charge in [0.05, 0.1) is 15.4 Å². The Morgan fingerprint density at radius 3 is 2.77 bits per heavy atom. The first-order valence-corrected chi connectivity index (χ1v) is 8.66. The molecule has 2 aromatic heterocycles. The Balaban J connectivity index is 1.46. The molecule has 4 nitrogen and oxygen atoms in total. The van der Waals surface area contributed by atoms with Gasteiger partial charge in [0.25, 0.3) is 5.91 Å². The maximum Gasteiger partial charge on any atom is 0.261 e. The van der Waals surface area contributed by atoms with E-state index < -0.39 is 0 Å². The number of aromatic nitrogens is 1. The summed E-state index contributed by atoms with van der Waals surface area (Å²) in [5.74, 6) is 0.718. The number of carbonyl (C=O) groups excluding carboxylic acids is 1. The quantitative estimate of drug-likeness (QED) is 0.947. The average molecular weight is 313 g/mol. The molecule has 1 N–H and O–H groups in total. The number of carbonyl (C=O) groups is 1. The van der Waals surface area contributed by atoms with Crippen LogP contribution in [-0.4, -0.2) is 41.5 Å². The molecule has 0 aliphatic carbocycles. The monoisotopic (exact) mass is 313 g/mol. The SMILES string of the molecule is O=C(N[C@@H]1CN2CCC1CC2)c1ccc(-c2ccccn2)s1. The smallest absolute Gasteiger partial charge is 0.261 e. The van der Waals surface area contributed by atoms with Gasteiger partial charge in [-0.2, -0.15) is 0 Å². The van der Waals surface area contributed by atoms with Gasteiger partial charge in [-0.25, -0.2) is 0 Å². The van der Waals surface area contributed by atoms with Crippen LogP contribution in [0.3, 0.4) is 0 Å². The summed E-state index contributed by atoms with van der Waals surface area (Å²) in [6.07, 6.45) is 4.21. The van der Waals surface area contributed by atoms with Crippen LogP contribution in [0.2, 0.25) is 0 Å². The number of fused-ring (bicyclic) bond motifs is 3. The summed E-state index contributed by atoms with van der Waals surface area (Å²) in [5.41, 5.74) is 0.925. The molecule has 5 heteroatoms. The van der Waals surface area contributed by atoms with Crippen molar-refractivity contribution >= 4 is 17.2 Å². The van der Waals surface area contributed by atoms with Crippen LogP contribution < -0.4 is 5.32 Å². The van der Waals surface area contributed by atoms with Crippen molar-refractivity contribution < 1.29 is 4.79 Å². The normalized spacial score (nSPS) is 26.8. The van der Waals surface area contributed by atoms with Gasteiger partial charge in [-0.15, -0.1) is 11.3 Å². The van der Waals surface area contributed by atoms with E-state index in [1.165, 1.54) is 37.3 Å². The van der Waals surface area contributed by atoms with Crippen LogP contribution in [0.25, 0.3) is 10.6 Å². The van der Waals surface area contributed by atoms with Gasteiger partial charge in [-0.1, -0.05) is 6.07 Å². The third-order valence-corrected chi connectivity index (χ3v) is 5.83. The maximum absolute atomic E-state index is 12.5. The van der Waals surface area contributed by atoms with Gasteiger partial charge in [-0.3, -0.25) is 9.78 Å². The first-order chi connectivity index (χ1) is 10.8. The second-order valence-electron chi connectivity index (χ2n) is 6.10. The van der Waals surface area contributed by atoms with Gasteiger partial charge < -0.3 is 10.2 Å². The predicted octanol–water partition coefficient (Wildman–Crippen LogP) is 2.63. The van der Waals surface area contributed by atoms with Gasteiger partial charge in [-0.05, 0) is 56.1 Å². The summed E-state index contributed by atoms with van der Waals surface area (Å²) in [7, 11) is 0. The van der Waals surface area contributed by atoms with E-state index >= 15 is 0 Å². The number of pyridine rings is 1. The van der Waals surface area contributed by atoms with E-state index in [2.05, 4.69) is 15.2 Å². The zero-order valence-corrected chi connectivity index (χ0v) is 13.2. The Hall–Kier alpha value is -1.72. The molecule has 0 radical (unpaired) electrons. The van der Waals surface area contributed by atoms with Crippen molar-refractivity contribution in [2.45, 2.75) is 18.9 Å². The largest absolute Gasteiger partial charge is 0.347 e. The summed E-state index contributed by atoms with van der Waals surface area (Å²) in [6.45, 7) is 3.40. The minimum absolute atomic E-state index is 0.0610. The van der Waals surface area contributed by atoms with Gasteiger partial charge in [0.2, 0.25) is 0 Å². The fraction of sp³-hybridized carbons (Fsp3) is 0.412. The summed E-state index contributed by atoms with van der Waals surface area (Å²) in [6, 6.07) is 10.0. The molecule has 5 rings (SSSR count). The molecule has 1 atom stereocenters. The minimum Gasteiger partial charge on any atom is -0.347 e. The zero-order chi connectivity index (χ0) is 14.9. The van der Waals surface area contributed by atoms with Crippen LogP contribution in [-0.2, 0) is 0 Å². The van der Waals surface area contributed by atoms with Gasteiger partial charge in [0.1, 0.15) is 0 Å². The highest BCUT2D eigenvalue weighted by Crippen LogP contribution is 2.29. The Bertz CT molecular complexity index is 662. The number of nitrogens with one attached hydrogen (secondary N) is 1. The van der Waals surface area contributed by atoms with E-state index in [0.717, 1.165) is 22.0 Å². The summed E-state index contributed by atoms with van der Waals surface area (Å²) in [4.78, 5) is 21.1. The highest BCUT2D eigenvalue weighted by Gasteiger charge is 2.35. The Morgan fingerprint density at radius 2 is 2.09 bits per heavy atom. The lowest BCUT2D eigenvalue weighted by atomic mass is 9.84. The zero-order valence-electron chi connectivity index (χ0n) is 12.4. The molecule has 1 amide bonds. The second-order valence-corrected chi connectivity index (χ2v) is 7.18. The molecule has 3 aliphatic heterocycles. The van der Waals surface area contributed by atoms with Crippen molar-refractivity contribution in [3.05, 3.63) is 41.4 Å². The molecular weight excluding hydrogens is 294 g/mol. The molecule has 0 aromatic carbocycles. The van der Waals surface area contributed by atoms with Crippen LogP contribution in [0.4, 0.5) is 0 Å². The van der Waals surface area contributed by atoms with Crippen molar-refractivity contribution in [2.24, 2.45) is 5.92 Å². The first kappa shape index (κ1) is 13.9. The summed E-state index contributed by atoms with van der Waals surface area (Å²) >= 11 is 1.51. The number of nitrogens with zero attached hydrogens (tertiary/aromatic N) is 2. The molecule has 0 spiro atoms. The molecular formula is C17H19N3OS. The molecule has 3 aliphatic rings. The van der Waals surface area contributed by atoms with E-state index in [1.54, 1.807) is 6.20 Å². The van der Waals surface area contributed by atoms with E-state index in [0.29, 0.717) is 12.0 Å².